The van der Waals surface area contributed by atoms with Crippen LogP contribution in [-0.2, 0) is 0 Å². The molecule has 90 valence electrons. The zero-order valence-electron chi connectivity index (χ0n) is 9.92. The van der Waals surface area contributed by atoms with Crippen LogP contribution in [0.5, 0.6) is 0 Å². The van der Waals surface area contributed by atoms with Crippen LogP contribution in [0, 0.1) is 0 Å². The predicted molar refractivity (Wildman–Crippen MR) is 63.7 cm³/mol. The van der Waals surface area contributed by atoms with Gasteiger partial charge in [-0.3, -0.25) is 4.90 Å². The second kappa shape index (κ2) is 5.39. The Kier molecular flexibility index (Phi) is 4.42. The number of likely N-dealkylation sites (tertiary alicyclic amines) is 1. The summed E-state index contributed by atoms with van der Waals surface area (Å²) in [7, 11) is 1.87. The number of nitrogens with zero attached hydrogens (tertiary/aromatic N) is 1. The maximum atomic E-state index is 13.3. The number of allylic oxidation sites excluding steroid dienone is 3. The molecule has 0 bridgehead atoms. The number of alkyl halides is 2. The van der Waals surface area contributed by atoms with Crippen molar-refractivity contribution in [2.45, 2.75) is 31.7 Å². The molecule has 0 aromatic heterocycles. The molecular formula is C13H19F2N. The van der Waals surface area contributed by atoms with Gasteiger partial charge in [0.1, 0.15) is 0 Å². The fourth-order valence-electron chi connectivity index (χ4n) is 1.85. The van der Waals surface area contributed by atoms with Crippen molar-refractivity contribution in [2.24, 2.45) is 0 Å². The van der Waals surface area contributed by atoms with Crippen LogP contribution >= 0.6 is 0 Å². The average molecular weight is 227 g/mol. The summed E-state index contributed by atoms with van der Waals surface area (Å²) in [4.78, 5) is 1.94. The van der Waals surface area contributed by atoms with E-state index in [0.717, 1.165) is 5.57 Å². The Morgan fingerprint density at radius 2 is 2.12 bits per heavy atom. The fourth-order valence-corrected chi connectivity index (χ4v) is 1.85. The molecule has 0 aromatic carbocycles. The van der Waals surface area contributed by atoms with Gasteiger partial charge in [-0.15, -0.1) is 0 Å². The molecule has 1 fully saturated rings. The van der Waals surface area contributed by atoms with E-state index >= 15 is 0 Å². The van der Waals surface area contributed by atoms with Crippen molar-refractivity contribution in [2.75, 3.05) is 13.6 Å². The monoisotopic (exact) mass is 227 g/mol. The summed E-state index contributed by atoms with van der Waals surface area (Å²) in [6.45, 7) is 6.21. The zero-order valence-corrected chi connectivity index (χ0v) is 9.92. The Morgan fingerprint density at radius 3 is 2.75 bits per heavy atom. The normalized spacial score (nSPS) is 26.6. The number of piperidine rings is 1. The van der Waals surface area contributed by atoms with Crippen LogP contribution in [0.3, 0.4) is 0 Å². The molecular weight excluding hydrogens is 208 g/mol. The third-order valence-corrected chi connectivity index (χ3v) is 2.90. The summed E-state index contributed by atoms with van der Waals surface area (Å²) < 4.78 is 26.5. The molecule has 16 heavy (non-hydrogen) atoms. The molecule has 1 nitrogen and oxygen atoms in total. The highest BCUT2D eigenvalue weighted by Crippen LogP contribution is 2.33. The van der Waals surface area contributed by atoms with Gasteiger partial charge in [-0.25, -0.2) is 8.78 Å². The molecule has 1 rings (SSSR count). The first-order valence-electron chi connectivity index (χ1n) is 5.52. The van der Waals surface area contributed by atoms with Gasteiger partial charge in [0.05, 0.1) is 0 Å². The number of halogens is 2. The lowest BCUT2D eigenvalue weighted by Crippen LogP contribution is -2.45. The van der Waals surface area contributed by atoms with Crippen LogP contribution in [0.2, 0.25) is 0 Å². The molecule has 0 spiro atoms. The SMILES string of the molecule is C=C(/C=C\C=C/C)[C@H]1CC(F)(F)CCN1C. The van der Waals surface area contributed by atoms with E-state index < -0.39 is 5.92 Å². The Balaban J connectivity index is 2.66. The second-order valence-corrected chi connectivity index (χ2v) is 4.27. The van der Waals surface area contributed by atoms with Crippen LogP contribution in [0.1, 0.15) is 19.8 Å². The van der Waals surface area contributed by atoms with E-state index in [2.05, 4.69) is 6.58 Å². The van der Waals surface area contributed by atoms with E-state index in [0.29, 0.717) is 6.54 Å². The maximum absolute atomic E-state index is 13.3. The molecule has 0 radical (unpaired) electrons. The summed E-state index contributed by atoms with van der Waals surface area (Å²) in [5.41, 5.74) is 0.750. The van der Waals surface area contributed by atoms with Crippen LogP contribution in [0.15, 0.2) is 36.5 Å². The summed E-state index contributed by atoms with van der Waals surface area (Å²) >= 11 is 0. The van der Waals surface area contributed by atoms with Crippen molar-refractivity contribution in [3.05, 3.63) is 36.5 Å². The van der Waals surface area contributed by atoms with E-state index in [4.69, 9.17) is 0 Å². The van der Waals surface area contributed by atoms with Crippen LogP contribution in [0.4, 0.5) is 8.78 Å². The first-order valence-corrected chi connectivity index (χ1v) is 5.52. The van der Waals surface area contributed by atoms with Gasteiger partial charge in [-0.2, -0.15) is 0 Å². The van der Waals surface area contributed by atoms with Gasteiger partial charge in [0.25, 0.3) is 5.92 Å². The van der Waals surface area contributed by atoms with Gasteiger partial charge in [0.2, 0.25) is 0 Å². The van der Waals surface area contributed by atoms with Crippen molar-refractivity contribution >= 4 is 0 Å². The molecule has 1 heterocycles. The Morgan fingerprint density at radius 1 is 1.44 bits per heavy atom. The second-order valence-electron chi connectivity index (χ2n) is 4.27. The quantitative estimate of drug-likeness (QED) is 0.668. The van der Waals surface area contributed by atoms with Gasteiger partial charge in [-0.05, 0) is 19.5 Å². The van der Waals surface area contributed by atoms with E-state index in [1.54, 1.807) is 0 Å². The van der Waals surface area contributed by atoms with E-state index in [1.807, 2.05) is 43.2 Å². The summed E-state index contributed by atoms with van der Waals surface area (Å²) in [5.74, 6) is -2.55. The highest BCUT2D eigenvalue weighted by atomic mass is 19.3. The van der Waals surface area contributed by atoms with Crippen molar-refractivity contribution in [3.63, 3.8) is 0 Å². The Hall–Kier alpha value is -0.960. The Bertz CT molecular complexity index is 305. The number of hydrogen-bond donors (Lipinski definition) is 0. The fraction of sp³-hybridized carbons (Fsp3) is 0.538. The minimum absolute atomic E-state index is 0.0497. The highest BCUT2D eigenvalue weighted by Gasteiger charge is 2.39. The lowest BCUT2D eigenvalue weighted by molar-refractivity contribution is -0.0649. The molecule has 0 aliphatic carbocycles. The summed E-state index contributed by atoms with van der Waals surface area (Å²) in [6, 6.07) is -0.245. The summed E-state index contributed by atoms with van der Waals surface area (Å²) in [5, 5.41) is 0. The molecule has 1 aliphatic rings. The minimum Gasteiger partial charge on any atom is -0.299 e. The van der Waals surface area contributed by atoms with Gasteiger partial charge < -0.3 is 0 Å². The highest BCUT2D eigenvalue weighted by molar-refractivity contribution is 5.25. The Labute approximate surface area is 96.1 Å². The molecule has 0 amide bonds. The zero-order chi connectivity index (χ0) is 12.2. The number of likely N-dealkylation sites (N-methyl/N-ethyl adjacent to an activating group) is 1. The van der Waals surface area contributed by atoms with E-state index in [-0.39, 0.29) is 18.9 Å². The van der Waals surface area contributed by atoms with Gasteiger partial charge in [0, 0.05) is 25.4 Å². The topological polar surface area (TPSA) is 3.24 Å². The smallest absolute Gasteiger partial charge is 0.251 e. The molecule has 1 atom stereocenters. The van der Waals surface area contributed by atoms with Gasteiger partial charge in [0.15, 0.2) is 0 Å². The largest absolute Gasteiger partial charge is 0.299 e. The van der Waals surface area contributed by atoms with Crippen molar-refractivity contribution < 1.29 is 8.78 Å². The molecule has 0 saturated carbocycles. The molecule has 3 heteroatoms. The van der Waals surface area contributed by atoms with Crippen LogP contribution in [-0.4, -0.2) is 30.5 Å². The molecule has 0 unspecified atom stereocenters. The third-order valence-electron chi connectivity index (χ3n) is 2.90. The number of rotatable bonds is 3. The van der Waals surface area contributed by atoms with Crippen molar-refractivity contribution in [3.8, 4) is 0 Å². The maximum Gasteiger partial charge on any atom is 0.251 e. The van der Waals surface area contributed by atoms with Gasteiger partial charge in [-0.1, -0.05) is 30.9 Å². The van der Waals surface area contributed by atoms with E-state index in [9.17, 15) is 8.78 Å². The van der Waals surface area contributed by atoms with Crippen molar-refractivity contribution in [1.29, 1.82) is 0 Å². The lowest BCUT2D eigenvalue weighted by atomic mass is 9.93. The minimum atomic E-state index is -2.55. The molecule has 0 N–H and O–H groups in total. The third kappa shape index (κ3) is 3.56. The molecule has 0 aromatic rings. The standard InChI is InChI=1S/C13H19F2N/c1-4-5-6-7-11(2)12-10-13(14,15)8-9-16(12)3/h4-7,12H,2,8-10H2,1,3H3/b5-4-,7-6-/t12-/m1/s1. The molecule has 1 saturated heterocycles. The summed E-state index contributed by atoms with van der Waals surface area (Å²) in [6.07, 6.45) is 7.23. The number of hydrogen-bond acceptors (Lipinski definition) is 1. The van der Waals surface area contributed by atoms with Crippen molar-refractivity contribution in [1.82, 2.24) is 4.90 Å². The average Bonchev–Trinajstić information content (AvgIpc) is 2.22. The van der Waals surface area contributed by atoms with Gasteiger partial charge >= 0.3 is 0 Å². The molecule has 1 aliphatic heterocycles. The lowest BCUT2D eigenvalue weighted by Gasteiger charge is -2.37. The first-order chi connectivity index (χ1) is 7.46. The van der Waals surface area contributed by atoms with Crippen LogP contribution < -0.4 is 0 Å². The predicted octanol–water partition coefficient (Wildman–Crippen LogP) is 3.40. The van der Waals surface area contributed by atoms with E-state index in [1.165, 1.54) is 0 Å². The first kappa shape index (κ1) is 13.1. The van der Waals surface area contributed by atoms with Crippen LogP contribution in [0.25, 0.3) is 0 Å².